The van der Waals surface area contributed by atoms with Gasteiger partial charge in [0.05, 0.1) is 6.61 Å². The fourth-order valence-electron chi connectivity index (χ4n) is 3.04. The Bertz CT molecular complexity index is 988. The molecule has 32 heavy (non-hydrogen) atoms. The number of rotatable bonds is 9. The molecule has 0 amide bonds. The van der Waals surface area contributed by atoms with Crippen molar-refractivity contribution in [3.05, 3.63) is 71.9 Å². The number of guanidine groups is 1. The molecule has 2 N–H and O–H groups in total. The monoisotopic (exact) mass is 548 g/mol. The zero-order valence-electron chi connectivity index (χ0n) is 19.2. The predicted molar refractivity (Wildman–Crippen MR) is 140 cm³/mol. The Morgan fingerprint density at radius 1 is 1.12 bits per heavy atom. The number of nitrogens with zero attached hydrogens (tertiary/aromatic N) is 4. The average Bonchev–Trinajstić information content (AvgIpc) is 3.30. The summed E-state index contributed by atoms with van der Waals surface area (Å²) < 4.78 is 7.94. The van der Waals surface area contributed by atoms with Crippen LogP contribution in [0.25, 0.3) is 5.82 Å². The first kappa shape index (κ1) is 25.6. The minimum Gasteiger partial charge on any atom is -0.493 e. The molecule has 0 aliphatic carbocycles. The number of hydrogen-bond donors (Lipinski definition) is 2. The van der Waals surface area contributed by atoms with Gasteiger partial charge < -0.3 is 15.4 Å². The van der Waals surface area contributed by atoms with Gasteiger partial charge in [-0.15, -0.1) is 24.0 Å². The van der Waals surface area contributed by atoms with Gasteiger partial charge in [-0.1, -0.05) is 26.0 Å². The van der Waals surface area contributed by atoms with Crippen molar-refractivity contribution in [2.75, 3.05) is 13.7 Å². The Kier molecular flexibility index (Phi) is 10.5. The first-order chi connectivity index (χ1) is 15.0. The number of ether oxygens (including phenoxy) is 1. The first-order valence-corrected chi connectivity index (χ1v) is 10.6. The van der Waals surface area contributed by atoms with E-state index in [9.17, 15) is 0 Å². The second kappa shape index (κ2) is 13.0. The van der Waals surface area contributed by atoms with Crippen LogP contribution in [0.2, 0.25) is 0 Å². The van der Waals surface area contributed by atoms with Crippen LogP contribution in [0.4, 0.5) is 0 Å². The van der Waals surface area contributed by atoms with Crippen molar-refractivity contribution in [2.45, 2.75) is 40.3 Å². The molecule has 0 atom stereocenters. The third-order valence-corrected chi connectivity index (χ3v) is 4.88. The molecule has 0 aliphatic heterocycles. The number of pyridine rings is 1. The van der Waals surface area contributed by atoms with Crippen LogP contribution in [0, 0.1) is 12.8 Å². The SMILES string of the molecule is CN=C(NCc1ccnc(-n2ccnc2)c1)NCc1ccc(C)cc1OCCC(C)C.I. The quantitative estimate of drug-likeness (QED) is 0.234. The molecule has 2 heterocycles. The molecule has 7 nitrogen and oxygen atoms in total. The summed E-state index contributed by atoms with van der Waals surface area (Å²) in [4.78, 5) is 12.8. The number of imidazole rings is 1. The van der Waals surface area contributed by atoms with Gasteiger partial charge in [-0.2, -0.15) is 0 Å². The molecule has 2 aromatic heterocycles. The number of aliphatic imine (C=N–C) groups is 1. The smallest absolute Gasteiger partial charge is 0.191 e. The number of aryl methyl sites for hydroxylation is 1. The molecule has 0 spiro atoms. The van der Waals surface area contributed by atoms with Gasteiger partial charge in [0, 0.05) is 44.3 Å². The topological polar surface area (TPSA) is 76.4 Å². The lowest BCUT2D eigenvalue weighted by molar-refractivity contribution is 0.286. The fraction of sp³-hybridized carbons (Fsp3) is 0.375. The van der Waals surface area contributed by atoms with Crippen molar-refractivity contribution in [1.29, 1.82) is 0 Å². The summed E-state index contributed by atoms with van der Waals surface area (Å²) >= 11 is 0. The highest BCUT2D eigenvalue weighted by molar-refractivity contribution is 14.0. The van der Waals surface area contributed by atoms with Gasteiger partial charge in [0.25, 0.3) is 0 Å². The molecule has 0 aliphatic rings. The summed E-state index contributed by atoms with van der Waals surface area (Å²) in [5.74, 6) is 3.12. The Labute approximate surface area is 207 Å². The third kappa shape index (κ3) is 7.81. The van der Waals surface area contributed by atoms with Crippen LogP contribution < -0.4 is 15.4 Å². The second-order valence-corrected chi connectivity index (χ2v) is 7.91. The highest BCUT2D eigenvalue weighted by atomic mass is 127. The standard InChI is InChI=1S/C24H32N6O.HI/c1-18(2)8-12-31-22-13-19(3)5-6-21(22)16-29-24(25-4)28-15-20-7-9-27-23(14-20)30-11-10-26-17-30;/h5-7,9-11,13-14,17-18H,8,12,15-16H2,1-4H3,(H2,25,28,29);1H. The van der Waals surface area contributed by atoms with Crippen LogP contribution >= 0.6 is 24.0 Å². The zero-order chi connectivity index (χ0) is 22.1. The Hall–Kier alpha value is -2.62. The van der Waals surface area contributed by atoms with Crippen molar-refractivity contribution in [3.8, 4) is 11.6 Å². The van der Waals surface area contributed by atoms with Gasteiger partial charge in [-0.3, -0.25) is 9.56 Å². The maximum absolute atomic E-state index is 6.06. The number of benzene rings is 1. The average molecular weight is 548 g/mol. The Morgan fingerprint density at radius 2 is 1.94 bits per heavy atom. The third-order valence-electron chi connectivity index (χ3n) is 4.88. The van der Waals surface area contributed by atoms with E-state index in [1.165, 1.54) is 5.56 Å². The van der Waals surface area contributed by atoms with Crippen LogP contribution in [-0.2, 0) is 13.1 Å². The lowest BCUT2D eigenvalue weighted by atomic mass is 10.1. The molecule has 1 aromatic carbocycles. The van der Waals surface area contributed by atoms with E-state index in [1.807, 2.05) is 22.9 Å². The van der Waals surface area contributed by atoms with Crippen LogP contribution in [0.1, 0.15) is 37.0 Å². The molecular formula is C24H33IN6O. The van der Waals surface area contributed by atoms with E-state index < -0.39 is 0 Å². The minimum atomic E-state index is 0. The maximum Gasteiger partial charge on any atom is 0.191 e. The highest BCUT2D eigenvalue weighted by Gasteiger charge is 2.07. The van der Waals surface area contributed by atoms with Gasteiger partial charge in [0.1, 0.15) is 17.9 Å². The molecular weight excluding hydrogens is 515 g/mol. The minimum absolute atomic E-state index is 0. The molecule has 0 fully saturated rings. The summed E-state index contributed by atoms with van der Waals surface area (Å²) in [6.07, 6.45) is 8.20. The van der Waals surface area contributed by atoms with E-state index in [0.29, 0.717) is 19.0 Å². The van der Waals surface area contributed by atoms with Crippen LogP contribution in [0.15, 0.2) is 60.2 Å². The summed E-state index contributed by atoms with van der Waals surface area (Å²) in [5, 5.41) is 6.75. The van der Waals surface area contributed by atoms with E-state index in [4.69, 9.17) is 4.74 Å². The summed E-state index contributed by atoms with van der Waals surface area (Å²) in [5.41, 5.74) is 3.41. The largest absolute Gasteiger partial charge is 0.493 e. The number of nitrogens with one attached hydrogen (secondary N) is 2. The van der Waals surface area contributed by atoms with E-state index in [-0.39, 0.29) is 24.0 Å². The van der Waals surface area contributed by atoms with Gasteiger partial charge in [0.15, 0.2) is 5.96 Å². The van der Waals surface area contributed by atoms with Gasteiger partial charge in [-0.05, 0) is 48.6 Å². The normalized spacial score (nSPS) is 11.2. The fourth-order valence-corrected chi connectivity index (χ4v) is 3.04. The molecule has 8 heteroatoms. The Balaban J connectivity index is 0.00000363. The summed E-state index contributed by atoms with van der Waals surface area (Å²) in [6.45, 7) is 8.49. The van der Waals surface area contributed by atoms with E-state index >= 15 is 0 Å². The molecule has 0 radical (unpaired) electrons. The molecule has 3 aromatic rings. The highest BCUT2D eigenvalue weighted by Crippen LogP contribution is 2.21. The van der Waals surface area contributed by atoms with Crippen LogP contribution in [-0.4, -0.2) is 34.1 Å². The Morgan fingerprint density at radius 3 is 2.66 bits per heavy atom. The number of aromatic nitrogens is 3. The van der Waals surface area contributed by atoms with E-state index in [2.05, 4.69) is 64.6 Å². The lowest BCUT2D eigenvalue weighted by Gasteiger charge is -2.16. The summed E-state index contributed by atoms with van der Waals surface area (Å²) in [7, 11) is 1.77. The molecule has 3 rings (SSSR count). The predicted octanol–water partition coefficient (Wildman–Crippen LogP) is 4.48. The van der Waals surface area contributed by atoms with Gasteiger partial charge in [0.2, 0.25) is 0 Å². The van der Waals surface area contributed by atoms with Crippen molar-refractivity contribution >= 4 is 29.9 Å². The molecule has 0 unspecified atom stereocenters. The van der Waals surface area contributed by atoms with E-state index in [0.717, 1.165) is 41.7 Å². The zero-order valence-corrected chi connectivity index (χ0v) is 21.5. The van der Waals surface area contributed by atoms with Gasteiger partial charge in [-0.25, -0.2) is 9.97 Å². The number of hydrogen-bond acceptors (Lipinski definition) is 4. The molecule has 0 saturated heterocycles. The molecule has 0 saturated carbocycles. The van der Waals surface area contributed by atoms with Crippen molar-refractivity contribution in [1.82, 2.24) is 25.2 Å². The van der Waals surface area contributed by atoms with Gasteiger partial charge >= 0.3 is 0 Å². The maximum atomic E-state index is 6.06. The van der Waals surface area contributed by atoms with E-state index in [1.54, 1.807) is 25.8 Å². The van der Waals surface area contributed by atoms with Crippen molar-refractivity contribution < 1.29 is 4.74 Å². The number of halogens is 1. The van der Waals surface area contributed by atoms with Crippen molar-refractivity contribution in [3.63, 3.8) is 0 Å². The molecule has 0 bridgehead atoms. The molecule has 172 valence electrons. The second-order valence-electron chi connectivity index (χ2n) is 7.91. The lowest BCUT2D eigenvalue weighted by Crippen LogP contribution is -2.36. The first-order valence-electron chi connectivity index (χ1n) is 10.6. The van der Waals surface area contributed by atoms with Crippen molar-refractivity contribution in [2.24, 2.45) is 10.9 Å². The van der Waals surface area contributed by atoms with Crippen LogP contribution in [0.3, 0.4) is 0 Å². The van der Waals surface area contributed by atoms with Crippen LogP contribution in [0.5, 0.6) is 5.75 Å². The summed E-state index contributed by atoms with van der Waals surface area (Å²) in [6, 6.07) is 10.3.